The fraction of sp³-hybridized carbons (Fsp3) is 0.235. The fourth-order valence-corrected chi connectivity index (χ4v) is 2.94. The number of amides is 1. The lowest BCUT2D eigenvalue weighted by Gasteiger charge is -2.15. The minimum atomic E-state index is -4.49. The molecule has 24 heavy (non-hydrogen) atoms. The Kier molecular flexibility index (Phi) is 5.83. The number of alkyl halides is 3. The summed E-state index contributed by atoms with van der Waals surface area (Å²) in [6.07, 6.45) is -4.49. The number of rotatable bonds is 4. The highest BCUT2D eigenvalue weighted by atomic mass is 35.5. The van der Waals surface area contributed by atoms with Crippen molar-refractivity contribution >= 4 is 35.0 Å². The van der Waals surface area contributed by atoms with Gasteiger partial charge in [-0.2, -0.15) is 13.2 Å². The Labute approximate surface area is 147 Å². The van der Waals surface area contributed by atoms with Gasteiger partial charge in [0.05, 0.1) is 21.5 Å². The molecule has 1 N–H and O–H groups in total. The number of aryl methyl sites for hydroxylation is 1. The van der Waals surface area contributed by atoms with Gasteiger partial charge >= 0.3 is 6.18 Å². The van der Waals surface area contributed by atoms with Crippen molar-refractivity contribution in [2.45, 2.75) is 30.2 Å². The predicted molar refractivity (Wildman–Crippen MR) is 91.6 cm³/mol. The molecule has 7 heteroatoms. The number of carbonyl (C=O) groups is 1. The van der Waals surface area contributed by atoms with E-state index in [1.54, 1.807) is 6.92 Å². The first-order valence-corrected chi connectivity index (χ1v) is 8.33. The molecule has 0 aliphatic rings. The number of nitrogens with one attached hydrogen (secondary N) is 1. The van der Waals surface area contributed by atoms with Gasteiger partial charge in [-0.25, -0.2) is 0 Å². The van der Waals surface area contributed by atoms with Gasteiger partial charge in [-0.05, 0) is 44.2 Å². The third kappa shape index (κ3) is 4.92. The molecule has 0 aliphatic carbocycles. The van der Waals surface area contributed by atoms with Crippen molar-refractivity contribution in [3.63, 3.8) is 0 Å². The number of thioether (sulfide) groups is 1. The van der Waals surface area contributed by atoms with E-state index in [9.17, 15) is 18.0 Å². The summed E-state index contributed by atoms with van der Waals surface area (Å²) in [7, 11) is 0. The molecule has 0 aromatic heterocycles. The summed E-state index contributed by atoms with van der Waals surface area (Å²) in [5, 5.41) is 2.03. The van der Waals surface area contributed by atoms with Crippen LogP contribution in [0.5, 0.6) is 0 Å². The van der Waals surface area contributed by atoms with E-state index in [2.05, 4.69) is 5.32 Å². The van der Waals surface area contributed by atoms with E-state index in [1.165, 1.54) is 11.8 Å². The topological polar surface area (TPSA) is 29.1 Å². The molecule has 2 rings (SSSR count). The molecule has 0 spiro atoms. The van der Waals surface area contributed by atoms with Gasteiger partial charge in [0, 0.05) is 4.90 Å². The highest BCUT2D eigenvalue weighted by Gasteiger charge is 2.31. The molecule has 0 bridgehead atoms. The monoisotopic (exact) mass is 373 g/mol. The van der Waals surface area contributed by atoms with Crippen LogP contribution in [0.25, 0.3) is 0 Å². The standard InChI is InChI=1S/C17H15ClF3NOS/c1-10-3-6-13(7-4-10)24-11(2)16(23)22-15-9-12(17(19,20)21)5-8-14(15)18/h3-9,11H,1-2H3,(H,22,23). The van der Waals surface area contributed by atoms with E-state index >= 15 is 0 Å². The van der Waals surface area contributed by atoms with E-state index in [0.717, 1.165) is 28.7 Å². The van der Waals surface area contributed by atoms with Crippen LogP contribution in [0.3, 0.4) is 0 Å². The Morgan fingerprint density at radius 1 is 1.17 bits per heavy atom. The quantitative estimate of drug-likeness (QED) is 0.687. The molecule has 1 atom stereocenters. The second kappa shape index (κ2) is 7.49. The molecule has 1 amide bonds. The van der Waals surface area contributed by atoms with Crippen LogP contribution < -0.4 is 5.32 Å². The zero-order chi connectivity index (χ0) is 17.9. The molecule has 2 nitrogen and oxygen atoms in total. The number of hydrogen-bond acceptors (Lipinski definition) is 2. The van der Waals surface area contributed by atoms with Gasteiger partial charge in [0.2, 0.25) is 5.91 Å². The summed E-state index contributed by atoms with van der Waals surface area (Å²) >= 11 is 7.20. The first kappa shape index (κ1) is 18.7. The summed E-state index contributed by atoms with van der Waals surface area (Å²) in [6, 6.07) is 10.5. The summed E-state index contributed by atoms with van der Waals surface area (Å²) in [4.78, 5) is 13.1. The van der Waals surface area contributed by atoms with Crippen molar-refractivity contribution in [1.29, 1.82) is 0 Å². The van der Waals surface area contributed by atoms with E-state index in [1.807, 2.05) is 31.2 Å². The second-order valence-electron chi connectivity index (χ2n) is 5.25. The largest absolute Gasteiger partial charge is 0.416 e. The summed E-state index contributed by atoms with van der Waals surface area (Å²) in [5.41, 5.74) is 0.195. The van der Waals surface area contributed by atoms with Crippen LogP contribution in [0.4, 0.5) is 18.9 Å². The lowest BCUT2D eigenvalue weighted by molar-refractivity contribution is -0.137. The van der Waals surface area contributed by atoms with Crippen LogP contribution in [0, 0.1) is 6.92 Å². The fourth-order valence-electron chi connectivity index (χ4n) is 1.91. The summed E-state index contributed by atoms with van der Waals surface area (Å²) in [5.74, 6) is -0.415. The highest BCUT2D eigenvalue weighted by molar-refractivity contribution is 8.00. The average Bonchev–Trinajstić information content (AvgIpc) is 2.50. The number of anilines is 1. The molecule has 128 valence electrons. The van der Waals surface area contributed by atoms with Crippen LogP contribution in [0.2, 0.25) is 5.02 Å². The molecule has 0 radical (unpaired) electrons. The van der Waals surface area contributed by atoms with Crippen LogP contribution >= 0.6 is 23.4 Å². The van der Waals surface area contributed by atoms with Gasteiger partial charge in [-0.1, -0.05) is 29.3 Å². The van der Waals surface area contributed by atoms with Gasteiger partial charge in [-0.3, -0.25) is 4.79 Å². The number of carbonyl (C=O) groups excluding carboxylic acids is 1. The van der Waals surface area contributed by atoms with Gasteiger partial charge in [0.15, 0.2) is 0 Å². The van der Waals surface area contributed by atoms with Gasteiger partial charge in [0.25, 0.3) is 0 Å². The van der Waals surface area contributed by atoms with Crippen LogP contribution in [0.15, 0.2) is 47.4 Å². The van der Waals surface area contributed by atoms with Gasteiger partial charge < -0.3 is 5.32 Å². The first-order valence-electron chi connectivity index (χ1n) is 7.08. The number of hydrogen-bond donors (Lipinski definition) is 1. The highest BCUT2D eigenvalue weighted by Crippen LogP contribution is 2.34. The molecular weight excluding hydrogens is 359 g/mol. The zero-order valence-electron chi connectivity index (χ0n) is 12.9. The lowest BCUT2D eigenvalue weighted by atomic mass is 10.2. The molecule has 1 unspecified atom stereocenters. The Bertz CT molecular complexity index is 732. The van der Waals surface area contributed by atoms with Crippen molar-refractivity contribution in [2.75, 3.05) is 5.32 Å². The maximum Gasteiger partial charge on any atom is 0.416 e. The molecule has 2 aromatic carbocycles. The Balaban J connectivity index is 2.09. The maximum absolute atomic E-state index is 12.8. The first-order chi connectivity index (χ1) is 11.2. The molecule has 0 aliphatic heterocycles. The van der Waals surface area contributed by atoms with Crippen LogP contribution in [-0.2, 0) is 11.0 Å². The normalized spacial score (nSPS) is 12.8. The molecular formula is C17H15ClF3NOS. The SMILES string of the molecule is Cc1ccc(SC(C)C(=O)Nc2cc(C(F)(F)F)ccc2Cl)cc1. The van der Waals surface area contributed by atoms with Crippen molar-refractivity contribution in [1.82, 2.24) is 0 Å². The Morgan fingerprint density at radius 3 is 2.38 bits per heavy atom. The molecule has 0 saturated heterocycles. The molecule has 0 heterocycles. The Hall–Kier alpha value is -1.66. The third-order valence-corrected chi connectivity index (χ3v) is 4.70. The lowest BCUT2D eigenvalue weighted by Crippen LogP contribution is -2.22. The van der Waals surface area contributed by atoms with E-state index in [0.29, 0.717) is 0 Å². The van der Waals surface area contributed by atoms with Gasteiger partial charge in [-0.15, -0.1) is 11.8 Å². The van der Waals surface area contributed by atoms with Crippen molar-refractivity contribution in [3.05, 3.63) is 58.6 Å². The zero-order valence-corrected chi connectivity index (χ0v) is 14.5. The van der Waals surface area contributed by atoms with Crippen molar-refractivity contribution < 1.29 is 18.0 Å². The molecule has 2 aromatic rings. The van der Waals surface area contributed by atoms with Crippen molar-refractivity contribution in [2.24, 2.45) is 0 Å². The minimum absolute atomic E-state index is 0.0483. The minimum Gasteiger partial charge on any atom is -0.324 e. The predicted octanol–water partition coefficient (Wildman–Crippen LogP) is 5.79. The third-order valence-electron chi connectivity index (χ3n) is 3.25. The smallest absolute Gasteiger partial charge is 0.324 e. The summed E-state index contributed by atoms with van der Waals surface area (Å²) in [6.45, 7) is 3.64. The van der Waals surface area contributed by atoms with Gasteiger partial charge in [0.1, 0.15) is 0 Å². The second-order valence-corrected chi connectivity index (χ2v) is 7.08. The van der Waals surface area contributed by atoms with E-state index < -0.39 is 22.9 Å². The van der Waals surface area contributed by atoms with Crippen molar-refractivity contribution in [3.8, 4) is 0 Å². The van der Waals surface area contributed by atoms with Crippen LogP contribution in [-0.4, -0.2) is 11.2 Å². The van der Waals surface area contributed by atoms with Crippen LogP contribution in [0.1, 0.15) is 18.1 Å². The molecule has 0 saturated carbocycles. The Morgan fingerprint density at radius 2 is 1.79 bits per heavy atom. The van der Waals surface area contributed by atoms with E-state index in [4.69, 9.17) is 11.6 Å². The number of benzene rings is 2. The van der Waals surface area contributed by atoms with E-state index in [-0.39, 0.29) is 10.7 Å². The molecule has 0 fully saturated rings. The number of halogens is 4. The maximum atomic E-state index is 12.8. The average molecular weight is 374 g/mol. The summed E-state index contributed by atoms with van der Waals surface area (Å²) < 4.78 is 38.3.